The van der Waals surface area contributed by atoms with Crippen LogP contribution in [0.5, 0.6) is 0 Å². The molecule has 24 heavy (non-hydrogen) atoms. The van der Waals surface area contributed by atoms with Gasteiger partial charge in [0.15, 0.2) is 0 Å². The maximum Gasteiger partial charge on any atom is 0.224 e. The second-order valence-corrected chi connectivity index (χ2v) is 7.04. The summed E-state index contributed by atoms with van der Waals surface area (Å²) in [5, 5.41) is -0.252. The van der Waals surface area contributed by atoms with Crippen LogP contribution in [0.15, 0.2) is 94.7 Å². The average Bonchev–Trinajstić information content (AvgIpc) is 2.63. The van der Waals surface area contributed by atoms with Crippen molar-refractivity contribution < 1.29 is 9.59 Å². The van der Waals surface area contributed by atoms with Crippen molar-refractivity contribution in [3.8, 4) is 0 Å². The van der Waals surface area contributed by atoms with Crippen LogP contribution >= 0.6 is 23.5 Å². The van der Waals surface area contributed by atoms with E-state index in [1.807, 2.05) is 60.7 Å². The van der Waals surface area contributed by atoms with Crippen molar-refractivity contribution in [2.75, 3.05) is 0 Å². The van der Waals surface area contributed by atoms with E-state index in [-0.39, 0.29) is 10.2 Å². The molecular formula is C20H14O2S2. The predicted octanol–water partition coefficient (Wildman–Crippen LogP) is 5.55. The third-order valence-corrected chi connectivity index (χ3v) is 5.10. The summed E-state index contributed by atoms with van der Waals surface area (Å²) in [6.07, 6.45) is 0. The molecule has 0 aromatic heterocycles. The molecule has 0 amide bonds. The van der Waals surface area contributed by atoms with Crippen LogP contribution in [0.3, 0.4) is 0 Å². The molecule has 0 aliphatic rings. The summed E-state index contributed by atoms with van der Waals surface area (Å²) in [5.41, 5.74) is 0.888. The van der Waals surface area contributed by atoms with E-state index in [9.17, 15) is 9.59 Å². The highest BCUT2D eigenvalue weighted by molar-refractivity contribution is 8.14. The third kappa shape index (κ3) is 4.16. The molecule has 0 saturated carbocycles. The summed E-state index contributed by atoms with van der Waals surface area (Å²) in [7, 11) is 0. The van der Waals surface area contributed by atoms with Crippen molar-refractivity contribution in [1.29, 1.82) is 0 Å². The van der Waals surface area contributed by atoms with Gasteiger partial charge in [-0.3, -0.25) is 9.59 Å². The minimum absolute atomic E-state index is 0.126. The minimum Gasteiger partial charge on any atom is -0.281 e. The molecule has 0 unspecified atom stereocenters. The van der Waals surface area contributed by atoms with Crippen LogP contribution in [-0.2, 0) is 0 Å². The number of carbonyl (C=O) groups is 2. The van der Waals surface area contributed by atoms with Gasteiger partial charge < -0.3 is 0 Å². The van der Waals surface area contributed by atoms with Gasteiger partial charge in [-0.1, -0.05) is 48.5 Å². The first-order valence-corrected chi connectivity index (χ1v) is 9.01. The zero-order chi connectivity index (χ0) is 16.8. The zero-order valence-corrected chi connectivity index (χ0v) is 14.3. The molecular weight excluding hydrogens is 336 g/mol. The van der Waals surface area contributed by atoms with Crippen LogP contribution in [0.2, 0.25) is 0 Å². The number of hydrogen-bond acceptors (Lipinski definition) is 4. The van der Waals surface area contributed by atoms with Crippen LogP contribution in [-0.4, -0.2) is 10.2 Å². The van der Waals surface area contributed by atoms with Gasteiger partial charge in [-0.15, -0.1) is 0 Å². The van der Waals surface area contributed by atoms with Crippen LogP contribution in [0.1, 0.15) is 20.7 Å². The number of thioether (sulfide) groups is 2. The van der Waals surface area contributed by atoms with Gasteiger partial charge >= 0.3 is 0 Å². The van der Waals surface area contributed by atoms with E-state index in [4.69, 9.17) is 0 Å². The van der Waals surface area contributed by atoms with Crippen molar-refractivity contribution in [2.24, 2.45) is 0 Å². The highest BCUT2D eigenvalue weighted by atomic mass is 32.2. The monoisotopic (exact) mass is 350 g/mol. The lowest BCUT2D eigenvalue weighted by Gasteiger charge is -2.07. The Morgan fingerprint density at radius 1 is 0.500 bits per heavy atom. The van der Waals surface area contributed by atoms with Crippen LogP contribution < -0.4 is 0 Å². The summed E-state index contributed by atoms with van der Waals surface area (Å²) in [6.45, 7) is 0. The Kier molecular flexibility index (Phi) is 5.51. The minimum atomic E-state index is -0.126. The van der Waals surface area contributed by atoms with Gasteiger partial charge in [0.1, 0.15) is 0 Å². The van der Waals surface area contributed by atoms with Crippen molar-refractivity contribution >= 4 is 33.8 Å². The fourth-order valence-electron chi connectivity index (χ4n) is 2.14. The molecule has 0 heterocycles. The summed E-state index contributed by atoms with van der Waals surface area (Å²) in [5.74, 6) is 0. The Bertz CT molecular complexity index is 773. The molecule has 0 N–H and O–H groups in total. The SMILES string of the molecule is O=C(Sc1ccccc1)c1ccccc1C(=O)Sc1ccccc1. The fraction of sp³-hybridized carbons (Fsp3) is 0. The summed E-state index contributed by atoms with van der Waals surface area (Å²) >= 11 is 2.27. The molecule has 0 fully saturated rings. The van der Waals surface area contributed by atoms with Gasteiger partial charge in [0.25, 0.3) is 0 Å². The highest BCUT2D eigenvalue weighted by Crippen LogP contribution is 2.28. The van der Waals surface area contributed by atoms with Gasteiger partial charge in [-0.2, -0.15) is 0 Å². The van der Waals surface area contributed by atoms with E-state index >= 15 is 0 Å². The maximum atomic E-state index is 12.6. The number of carbonyl (C=O) groups excluding carboxylic acids is 2. The lowest BCUT2D eigenvalue weighted by Crippen LogP contribution is -2.04. The van der Waals surface area contributed by atoms with Crippen molar-refractivity contribution in [1.82, 2.24) is 0 Å². The Hall–Kier alpha value is -2.30. The van der Waals surface area contributed by atoms with Gasteiger partial charge in [-0.05, 0) is 59.9 Å². The normalized spacial score (nSPS) is 10.3. The number of hydrogen-bond donors (Lipinski definition) is 0. The zero-order valence-electron chi connectivity index (χ0n) is 12.7. The highest BCUT2D eigenvalue weighted by Gasteiger charge is 2.18. The molecule has 0 radical (unpaired) electrons. The van der Waals surface area contributed by atoms with Crippen LogP contribution in [0.25, 0.3) is 0 Å². The van der Waals surface area contributed by atoms with Crippen LogP contribution in [0.4, 0.5) is 0 Å². The molecule has 0 aliphatic heterocycles. The Balaban J connectivity index is 1.82. The Labute approximate surface area is 149 Å². The standard InChI is InChI=1S/C20H14O2S2/c21-19(23-15-9-3-1-4-10-15)17-13-7-8-14-18(17)20(22)24-16-11-5-2-6-12-16/h1-14H. The summed E-state index contributed by atoms with van der Waals surface area (Å²) in [4.78, 5) is 26.9. The van der Waals surface area contributed by atoms with E-state index in [0.29, 0.717) is 11.1 Å². The summed E-state index contributed by atoms with van der Waals surface area (Å²) < 4.78 is 0. The molecule has 4 heteroatoms. The Morgan fingerprint density at radius 3 is 1.21 bits per heavy atom. The molecule has 3 aromatic rings. The molecule has 0 aliphatic carbocycles. The van der Waals surface area contributed by atoms with E-state index in [1.165, 1.54) is 0 Å². The topological polar surface area (TPSA) is 34.1 Å². The molecule has 0 saturated heterocycles. The van der Waals surface area contributed by atoms with E-state index < -0.39 is 0 Å². The van der Waals surface area contributed by atoms with E-state index in [0.717, 1.165) is 33.3 Å². The lowest BCUT2D eigenvalue weighted by molar-refractivity contribution is 0.106. The summed E-state index contributed by atoms with van der Waals surface area (Å²) in [6, 6.07) is 25.9. The van der Waals surface area contributed by atoms with Crippen molar-refractivity contribution in [2.45, 2.75) is 9.79 Å². The van der Waals surface area contributed by atoms with Crippen molar-refractivity contribution in [3.05, 3.63) is 96.1 Å². The molecule has 118 valence electrons. The van der Waals surface area contributed by atoms with Crippen molar-refractivity contribution in [3.63, 3.8) is 0 Å². The third-order valence-electron chi connectivity index (χ3n) is 3.27. The van der Waals surface area contributed by atoms with Gasteiger partial charge in [0.2, 0.25) is 10.2 Å². The largest absolute Gasteiger partial charge is 0.281 e. The average molecular weight is 350 g/mol. The van der Waals surface area contributed by atoms with Gasteiger partial charge in [0.05, 0.1) is 0 Å². The molecule has 3 aromatic carbocycles. The Morgan fingerprint density at radius 2 is 0.833 bits per heavy atom. The molecule has 0 bridgehead atoms. The molecule has 0 atom stereocenters. The molecule has 0 spiro atoms. The second-order valence-electron chi connectivity index (χ2n) is 4.95. The smallest absolute Gasteiger partial charge is 0.224 e. The molecule has 2 nitrogen and oxygen atoms in total. The first-order valence-electron chi connectivity index (χ1n) is 7.37. The first-order chi connectivity index (χ1) is 11.7. The second kappa shape index (κ2) is 7.99. The van der Waals surface area contributed by atoms with E-state index in [1.54, 1.807) is 24.3 Å². The van der Waals surface area contributed by atoms with Gasteiger partial charge in [0, 0.05) is 20.9 Å². The fourth-order valence-corrected chi connectivity index (χ4v) is 3.73. The first kappa shape index (κ1) is 16.6. The molecule has 3 rings (SSSR count). The van der Waals surface area contributed by atoms with Crippen LogP contribution in [0, 0.1) is 0 Å². The quantitative estimate of drug-likeness (QED) is 0.578. The number of rotatable bonds is 4. The predicted molar refractivity (Wildman–Crippen MR) is 99.7 cm³/mol. The number of benzene rings is 3. The van der Waals surface area contributed by atoms with Gasteiger partial charge in [-0.25, -0.2) is 0 Å². The maximum absolute atomic E-state index is 12.6. The lowest BCUT2D eigenvalue weighted by atomic mass is 10.1. The van der Waals surface area contributed by atoms with E-state index in [2.05, 4.69) is 0 Å².